The number of rotatable bonds is 5. The van der Waals surface area contributed by atoms with Gasteiger partial charge in [-0.1, -0.05) is 0 Å². The summed E-state index contributed by atoms with van der Waals surface area (Å²) in [7, 11) is 0. The molecule has 158 valence electrons. The third-order valence-electron chi connectivity index (χ3n) is 5.57. The number of β-amino-alcohol motifs (C(OH)–C–C–N with tert-alkyl or cyclic N) is 1. The molecule has 1 saturated heterocycles. The van der Waals surface area contributed by atoms with Crippen molar-refractivity contribution in [3.05, 3.63) is 59.9 Å². The molecule has 1 aliphatic heterocycles. The number of hydrogen-bond donors (Lipinski definition) is 2. The lowest BCUT2D eigenvalue weighted by molar-refractivity contribution is 0.198. The molecule has 2 fully saturated rings. The number of aliphatic hydroxyl groups is 1. The second-order valence-corrected chi connectivity index (χ2v) is 7.91. The fourth-order valence-corrected chi connectivity index (χ4v) is 3.79. The van der Waals surface area contributed by atoms with Crippen molar-refractivity contribution in [2.24, 2.45) is 0 Å². The molecule has 1 atom stereocenters. The van der Waals surface area contributed by atoms with Gasteiger partial charge in [0.15, 0.2) is 0 Å². The van der Waals surface area contributed by atoms with E-state index in [9.17, 15) is 5.11 Å². The summed E-state index contributed by atoms with van der Waals surface area (Å²) in [5, 5.41) is 22.1. The van der Waals surface area contributed by atoms with Gasteiger partial charge in [-0.15, -0.1) is 12.4 Å². The van der Waals surface area contributed by atoms with Gasteiger partial charge in [0.25, 0.3) is 0 Å². The summed E-state index contributed by atoms with van der Waals surface area (Å²) in [6, 6.07) is 13.7. The SMILES string of the molecule is Cl.N#Cc1ccnc(Nc2cc(C3CC3)cc(-c3ccc(N4CC[C@@H](O)C4)nc3)n2)c1. The van der Waals surface area contributed by atoms with Gasteiger partial charge in [-0.2, -0.15) is 5.26 Å². The van der Waals surface area contributed by atoms with Crippen LogP contribution in [-0.4, -0.2) is 39.3 Å². The Balaban J connectivity index is 0.00000231. The summed E-state index contributed by atoms with van der Waals surface area (Å²) in [6.07, 6.45) is 6.36. The van der Waals surface area contributed by atoms with Crippen molar-refractivity contribution in [3.8, 4) is 17.3 Å². The third kappa shape index (κ3) is 4.76. The first-order valence-corrected chi connectivity index (χ1v) is 10.2. The first-order valence-electron chi connectivity index (χ1n) is 10.2. The minimum atomic E-state index is -0.273. The molecule has 2 N–H and O–H groups in total. The van der Waals surface area contributed by atoms with E-state index < -0.39 is 0 Å². The molecular formula is C23H23ClN6O. The summed E-state index contributed by atoms with van der Waals surface area (Å²) in [5.74, 6) is 2.76. The number of aromatic nitrogens is 3. The highest BCUT2D eigenvalue weighted by Crippen LogP contribution is 2.42. The minimum absolute atomic E-state index is 0. The lowest BCUT2D eigenvalue weighted by Gasteiger charge is -2.17. The molecule has 7 nitrogen and oxygen atoms in total. The van der Waals surface area contributed by atoms with Crippen LogP contribution < -0.4 is 10.2 Å². The van der Waals surface area contributed by atoms with Crippen LogP contribution >= 0.6 is 12.4 Å². The van der Waals surface area contributed by atoms with Crippen LogP contribution in [0.3, 0.4) is 0 Å². The molecule has 3 aromatic heterocycles. The van der Waals surface area contributed by atoms with Gasteiger partial charge >= 0.3 is 0 Å². The molecule has 0 aromatic carbocycles. The monoisotopic (exact) mass is 434 g/mol. The average molecular weight is 435 g/mol. The highest BCUT2D eigenvalue weighted by atomic mass is 35.5. The van der Waals surface area contributed by atoms with Crippen LogP contribution in [0.4, 0.5) is 17.5 Å². The number of halogens is 1. The van der Waals surface area contributed by atoms with Crippen molar-refractivity contribution < 1.29 is 5.11 Å². The molecule has 1 saturated carbocycles. The topological polar surface area (TPSA) is 98.0 Å². The van der Waals surface area contributed by atoms with E-state index in [-0.39, 0.29) is 18.5 Å². The maximum absolute atomic E-state index is 9.76. The number of anilines is 3. The Labute approximate surface area is 187 Å². The Morgan fingerprint density at radius 2 is 1.94 bits per heavy atom. The Bertz CT molecular complexity index is 1110. The van der Waals surface area contributed by atoms with Gasteiger partial charge in [0, 0.05) is 31.0 Å². The lowest BCUT2D eigenvalue weighted by atomic mass is 10.1. The van der Waals surface area contributed by atoms with E-state index >= 15 is 0 Å². The van der Waals surface area contributed by atoms with Gasteiger partial charge in [-0.05, 0) is 67.1 Å². The van der Waals surface area contributed by atoms with Gasteiger partial charge in [-0.3, -0.25) is 0 Å². The molecule has 1 aliphatic carbocycles. The van der Waals surface area contributed by atoms with Crippen LogP contribution in [-0.2, 0) is 0 Å². The zero-order valence-corrected chi connectivity index (χ0v) is 17.7. The van der Waals surface area contributed by atoms with Crippen molar-refractivity contribution in [2.75, 3.05) is 23.3 Å². The minimum Gasteiger partial charge on any atom is -0.391 e. The van der Waals surface area contributed by atoms with E-state index in [4.69, 9.17) is 10.2 Å². The smallest absolute Gasteiger partial charge is 0.132 e. The molecule has 8 heteroatoms. The van der Waals surface area contributed by atoms with E-state index in [1.807, 2.05) is 18.3 Å². The molecule has 4 heterocycles. The average Bonchev–Trinajstić information content (AvgIpc) is 3.54. The number of nitrogens with one attached hydrogen (secondary N) is 1. The summed E-state index contributed by atoms with van der Waals surface area (Å²) in [5.41, 5.74) is 3.62. The molecule has 3 aromatic rings. The molecule has 2 aliphatic rings. The van der Waals surface area contributed by atoms with Crippen molar-refractivity contribution >= 4 is 29.9 Å². The largest absolute Gasteiger partial charge is 0.391 e. The van der Waals surface area contributed by atoms with Crippen LogP contribution in [0.15, 0.2) is 48.8 Å². The Kier molecular flexibility index (Phi) is 6.03. The number of hydrogen-bond acceptors (Lipinski definition) is 7. The van der Waals surface area contributed by atoms with Crippen LogP contribution in [0.1, 0.15) is 36.3 Å². The first-order chi connectivity index (χ1) is 14.7. The van der Waals surface area contributed by atoms with Crippen LogP contribution in [0.5, 0.6) is 0 Å². The molecule has 5 rings (SSSR count). The highest BCUT2D eigenvalue weighted by Gasteiger charge is 2.25. The van der Waals surface area contributed by atoms with Gasteiger partial charge in [0.2, 0.25) is 0 Å². The van der Waals surface area contributed by atoms with E-state index in [0.29, 0.717) is 29.7 Å². The summed E-state index contributed by atoms with van der Waals surface area (Å²) < 4.78 is 0. The van der Waals surface area contributed by atoms with Crippen molar-refractivity contribution in [3.63, 3.8) is 0 Å². The van der Waals surface area contributed by atoms with Crippen LogP contribution in [0.2, 0.25) is 0 Å². The molecule has 0 bridgehead atoms. The second-order valence-electron chi connectivity index (χ2n) is 7.91. The lowest BCUT2D eigenvalue weighted by Crippen LogP contribution is -2.21. The van der Waals surface area contributed by atoms with Crippen molar-refractivity contribution in [2.45, 2.75) is 31.3 Å². The number of aliphatic hydroxyl groups excluding tert-OH is 1. The van der Waals surface area contributed by atoms with E-state index in [1.54, 1.807) is 18.3 Å². The zero-order chi connectivity index (χ0) is 20.5. The predicted molar refractivity (Wildman–Crippen MR) is 122 cm³/mol. The summed E-state index contributed by atoms with van der Waals surface area (Å²) in [4.78, 5) is 15.8. The number of nitriles is 1. The van der Waals surface area contributed by atoms with Crippen molar-refractivity contribution in [1.82, 2.24) is 15.0 Å². The fourth-order valence-electron chi connectivity index (χ4n) is 3.79. The molecule has 0 radical (unpaired) electrons. The quantitative estimate of drug-likeness (QED) is 0.625. The van der Waals surface area contributed by atoms with Crippen LogP contribution in [0, 0.1) is 11.3 Å². The van der Waals surface area contributed by atoms with E-state index in [0.717, 1.165) is 30.0 Å². The van der Waals surface area contributed by atoms with E-state index in [2.05, 4.69) is 38.4 Å². The number of pyridine rings is 3. The Morgan fingerprint density at radius 1 is 1.06 bits per heavy atom. The summed E-state index contributed by atoms with van der Waals surface area (Å²) >= 11 is 0. The first kappa shape index (κ1) is 21.0. The van der Waals surface area contributed by atoms with Gasteiger partial charge in [0.05, 0.1) is 23.4 Å². The maximum atomic E-state index is 9.76. The third-order valence-corrected chi connectivity index (χ3v) is 5.57. The predicted octanol–water partition coefficient (Wildman–Crippen LogP) is 4.02. The molecule has 0 amide bonds. The highest BCUT2D eigenvalue weighted by molar-refractivity contribution is 5.85. The number of nitrogens with zero attached hydrogens (tertiary/aromatic N) is 5. The zero-order valence-electron chi connectivity index (χ0n) is 16.9. The standard InChI is InChI=1S/C23H22N6O.ClH/c24-12-15-5-7-25-21(9-15)28-22-11-18(16-1-2-16)10-20(27-22)17-3-4-23(26-13-17)29-8-6-19(30)14-29;/h3-5,7,9-11,13,16,19,30H,1-2,6,8,14H2,(H,25,27,28);1H/t19-;/m1./s1. The molecular weight excluding hydrogens is 412 g/mol. The Hall–Kier alpha value is -3.21. The van der Waals surface area contributed by atoms with Gasteiger partial charge in [0.1, 0.15) is 17.5 Å². The van der Waals surface area contributed by atoms with Gasteiger partial charge in [-0.25, -0.2) is 15.0 Å². The normalized spacial score (nSPS) is 17.7. The molecule has 31 heavy (non-hydrogen) atoms. The van der Waals surface area contributed by atoms with Crippen molar-refractivity contribution in [1.29, 1.82) is 5.26 Å². The van der Waals surface area contributed by atoms with Crippen LogP contribution in [0.25, 0.3) is 11.3 Å². The van der Waals surface area contributed by atoms with E-state index in [1.165, 1.54) is 18.4 Å². The summed E-state index contributed by atoms with van der Waals surface area (Å²) in [6.45, 7) is 1.45. The van der Waals surface area contributed by atoms with Gasteiger partial charge < -0.3 is 15.3 Å². The molecule has 0 spiro atoms. The fraction of sp³-hybridized carbons (Fsp3) is 0.304. The second kappa shape index (κ2) is 8.88. The maximum Gasteiger partial charge on any atom is 0.132 e. The Morgan fingerprint density at radius 3 is 2.61 bits per heavy atom. The molecule has 0 unspecified atom stereocenters.